The van der Waals surface area contributed by atoms with Crippen LogP contribution in [0.1, 0.15) is 19.8 Å². The normalized spacial score (nSPS) is 27.9. The minimum absolute atomic E-state index is 0.510. The van der Waals surface area contributed by atoms with Gasteiger partial charge >= 0.3 is 0 Å². The van der Waals surface area contributed by atoms with Crippen LogP contribution in [0.5, 0.6) is 0 Å². The Bertz CT molecular complexity index is 147. The van der Waals surface area contributed by atoms with E-state index < -0.39 is 0 Å². The first-order chi connectivity index (χ1) is 4.20. The van der Waals surface area contributed by atoms with Crippen molar-refractivity contribution in [2.45, 2.75) is 19.8 Å². The average Bonchev–Trinajstić information content (AvgIpc) is 1.80. The lowest BCUT2D eigenvalue weighted by Crippen LogP contribution is -2.08. The second-order valence-electron chi connectivity index (χ2n) is 2.55. The van der Waals surface area contributed by atoms with Crippen molar-refractivity contribution < 1.29 is 4.74 Å². The molecular formula is C8H12O. The van der Waals surface area contributed by atoms with Crippen LogP contribution in [0.25, 0.3) is 0 Å². The highest BCUT2D eigenvalue weighted by molar-refractivity contribution is 5.02. The summed E-state index contributed by atoms with van der Waals surface area (Å²) in [6, 6.07) is 0. The van der Waals surface area contributed by atoms with Gasteiger partial charge < -0.3 is 4.74 Å². The van der Waals surface area contributed by atoms with E-state index in [2.05, 4.69) is 20.1 Å². The third kappa shape index (κ3) is 1.35. The quantitative estimate of drug-likeness (QED) is 0.482. The summed E-state index contributed by atoms with van der Waals surface area (Å²) in [4.78, 5) is 0. The second kappa shape index (κ2) is 2.26. The minimum Gasteiger partial charge on any atom is -0.467 e. The number of hydrogen-bond acceptors (Lipinski definition) is 1. The van der Waals surface area contributed by atoms with Gasteiger partial charge in [-0.25, -0.2) is 0 Å². The van der Waals surface area contributed by atoms with Crippen LogP contribution in [0.3, 0.4) is 0 Å². The number of rotatable bonds is 0. The molecule has 0 aromatic carbocycles. The monoisotopic (exact) mass is 124 g/mol. The minimum atomic E-state index is 0.510. The molecule has 0 aliphatic carbocycles. The Balaban J connectivity index is 2.54. The summed E-state index contributed by atoms with van der Waals surface area (Å²) in [5.41, 5.74) is 0. The first kappa shape index (κ1) is 6.40. The van der Waals surface area contributed by atoms with Crippen LogP contribution in [0.2, 0.25) is 0 Å². The molecule has 1 aliphatic heterocycles. The van der Waals surface area contributed by atoms with E-state index in [0.29, 0.717) is 5.92 Å². The molecule has 50 valence electrons. The molecular weight excluding hydrogens is 112 g/mol. The molecule has 1 unspecified atom stereocenters. The molecule has 0 saturated carbocycles. The van der Waals surface area contributed by atoms with Crippen molar-refractivity contribution >= 4 is 0 Å². The standard InChI is InChI=1S/C8H12O/c1-6-4-5-7(2)9-8(6)3/h6H,2-5H2,1H3. The predicted molar refractivity (Wildman–Crippen MR) is 37.8 cm³/mol. The molecule has 0 aromatic heterocycles. The van der Waals surface area contributed by atoms with E-state index in [0.717, 1.165) is 24.4 Å². The van der Waals surface area contributed by atoms with E-state index in [1.165, 1.54) is 0 Å². The Hall–Kier alpha value is -0.720. The van der Waals surface area contributed by atoms with E-state index in [1.807, 2.05) is 0 Å². The third-order valence-electron chi connectivity index (χ3n) is 1.68. The Morgan fingerprint density at radius 1 is 1.56 bits per heavy atom. The van der Waals surface area contributed by atoms with Crippen LogP contribution in [-0.4, -0.2) is 0 Å². The molecule has 1 nitrogen and oxygen atoms in total. The van der Waals surface area contributed by atoms with Crippen molar-refractivity contribution in [3.63, 3.8) is 0 Å². The molecule has 0 bridgehead atoms. The van der Waals surface area contributed by atoms with Gasteiger partial charge in [-0.2, -0.15) is 0 Å². The largest absolute Gasteiger partial charge is 0.467 e. The summed E-state index contributed by atoms with van der Waals surface area (Å²) >= 11 is 0. The maximum atomic E-state index is 5.21. The van der Waals surface area contributed by atoms with Gasteiger partial charge in [-0.15, -0.1) is 0 Å². The van der Waals surface area contributed by atoms with Gasteiger partial charge in [0.05, 0.1) is 11.5 Å². The molecule has 0 N–H and O–H groups in total. The van der Waals surface area contributed by atoms with Gasteiger partial charge in [-0.05, 0) is 6.42 Å². The highest BCUT2D eigenvalue weighted by atomic mass is 16.5. The molecule has 1 rings (SSSR count). The van der Waals surface area contributed by atoms with E-state index in [4.69, 9.17) is 4.74 Å². The van der Waals surface area contributed by atoms with Gasteiger partial charge in [0.2, 0.25) is 0 Å². The Morgan fingerprint density at radius 3 is 2.67 bits per heavy atom. The summed E-state index contributed by atoms with van der Waals surface area (Å²) in [5, 5.41) is 0. The van der Waals surface area contributed by atoms with Crippen molar-refractivity contribution in [2.75, 3.05) is 0 Å². The Labute approximate surface area is 56.0 Å². The maximum absolute atomic E-state index is 5.21. The van der Waals surface area contributed by atoms with Crippen LogP contribution >= 0.6 is 0 Å². The van der Waals surface area contributed by atoms with Crippen LogP contribution < -0.4 is 0 Å². The summed E-state index contributed by atoms with van der Waals surface area (Å²) in [6.07, 6.45) is 2.12. The molecule has 0 spiro atoms. The van der Waals surface area contributed by atoms with Gasteiger partial charge in [0.1, 0.15) is 0 Å². The summed E-state index contributed by atoms with van der Waals surface area (Å²) in [5.74, 6) is 2.24. The molecule has 1 fully saturated rings. The van der Waals surface area contributed by atoms with E-state index >= 15 is 0 Å². The van der Waals surface area contributed by atoms with E-state index in [9.17, 15) is 0 Å². The molecule has 9 heavy (non-hydrogen) atoms. The lowest BCUT2D eigenvalue weighted by atomic mass is 10.0. The van der Waals surface area contributed by atoms with Gasteiger partial charge in [0.25, 0.3) is 0 Å². The van der Waals surface area contributed by atoms with Gasteiger partial charge in [-0.1, -0.05) is 20.1 Å². The number of hydrogen-bond donors (Lipinski definition) is 0. The highest BCUT2D eigenvalue weighted by Crippen LogP contribution is 2.27. The van der Waals surface area contributed by atoms with Crippen LogP contribution in [-0.2, 0) is 4.74 Å². The Morgan fingerprint density at radius 2 is 2.22 bits per heavy atom. The fourth-order valence-corrected chi connectivity index (χ4v) is 0.876. The van der Waals surface area contributed by atoms with Gasteiger partial charge in [-0.3, -0.25) is 0 Å². The molecule has 1 saturated heterocycles. The second-order valence-corrected chi connectivity index (χ2v) is 2.55. The first-order valence-corrected chi connectivity index (χ1v) is 3.24. The van der Waals surface area contributed by atoms with E-state index in [-0.39, 0.29) is 0 Å². The van der Waals surface area contributed by atoms with Crippen molar-refractivity contribution in [1.82, 2.24) is 0 Å². The summed E-state index contributed by atoms with van der Waals surface area (Å²) in [7, 11) is 0. The van der Waals surface area contributed by atoms with Crippen molar-refractivity contribution in [3.8, 4) is 0 Å². The fraction of sp³-hybridized carbons (Fsp3) is 0.500. The third-order valence-corrected chi connectivity index (χ3v) is 1.68. The average molecular weight is 124 g/mol. The van der Waals surface area contributed by atoms with E-state index in [1.54, 1.807) is 0 Å². The number of allylic oxidation sites excluding steroid dienone is 2. The zero-order valence-electron chi connectivity index (χ0n) is 5.81. The molecule has 1 heteroatoms. The topological polar surface area (TPSA) is 9.23 Å². The molecule has 1 atom stereocenters. The zero-order valence-corrected chi connectivity index (χ0v) is 5.81. The van der Waals surface area contributed by atoms with Crippen molar-refractivity contribution in [2.24, 2.45) is 5.92 Å². The maximum Gasteiger partial charge on any atom is 0.0992 e. The number of ether oxygens (including phenoxy) is 1. The fourth-order valence-electron chi connectivity index (χ4n) is 0.876. The first-order valence-electron chi connectivity index (χ1n) is 3.24. The van der Waals surface area contributed by atoms with Crippen LogP contribution in [0, 0.1) is 5.92 Å². The zero-order chi connectivity index (χ0) is 6.85. The smallest absolute Gasteiger partial charge is 0.0992 e. The molecule has 0 amide bonds. The van der Waals surface area contributed by atoms with Gasteiger partial charge in [0.15, 0.2) is 0 Å². The lowest BCUT2D eigenvalue weighted by Gasteiger charge is -2.22. The SMILES string of the molecule is C=C1CCC(C)C(=C)O1. The summed E-state index contributed by atoms with van der Waals surface area (Å²) in [6.45, 7) is 9.60. The van der Waals surface area contributed by atoms with Crippen molar-refractivity contribution in [1.29, 1.82) is 0 Å². The highest BCUT2D eigenvalue weighted by Gasteiger charge is 2.15. The molecule has 1 heterocycles. The van der Waals surface area contributed by atoms with Crippen molar-refractivity contribution in [3.05, 3.63) is 24.7 Å². The summed E-state index contributed by atoms with van der Waals surface area (Å²) < 4.78 is 5.21. The van der Waals surface area contributed by atoms with Gasteiger partial charge in [0, 0.05) is 12.3 Å². The lowest BCUT2D eigenvalue weighted by molar-refractivity contribution is 0.207. The molecule has 0 aromatic rings. The molecule has 0 radical (unpaired) electrons. The van der Waals surface area contributed by atoms with Crippen LogP contribution in [0.4, 0.5) is 0 Å². The predicted octanol–water partition coefficient (Wildman–Crippen LogP) is 2.46. The van der Waals surface area contributed by atoms with Crippen LogP contribution in [0.15, 0.2) is 24.7 Å². The molecule has 1 aliphatic rings. The Kier molecular flexibility index (Phi) is 1.60.